The predicted octanol–water partition coefficient (Wildman–Crippen LogP) is 3.77. The van der Waals surface area contributed by atoms with Gasteiger partial charge in [-0.2, -0.15) is 8.78 Å². The first-order valence-electron chi connectivity index (χ1n) is 8.32. The average Bonchev–Trinajstić information content (AvgIpc) is 3.47. The molecule has 5 rings (SSSR count). The smallest absolute Gasteiger partial charge is 0.314 e. The summed E-state index contributed by atoms with van der Waals surface area (Å²) in [6.07, 6.45) is -1.06. The van der Waals surface area contributed by atoms with Crippen molar-refractivity contribution in [1.82, 2.24) is 30.2 Å². The van der Waals surface area contributed by atoms with E-state index >= 15 is 0 Å². The van der Waals surface area contributed by atoms with E-state index in [0.717, 1.165) is 15.8 Å². The minimum atomic E-state index is -2.83. The lowest BCUT2D eigenvalue weighted by atomic mass is 10.1. The number of benzene rings is 1. The summed E-state index contributed by atoms with van der Waals surface area (Å²) in [5.74, 6) is -0.131. The van der Waals surface area contributed by atoms with Gasteiger partial charge in [0.2, 0.25) is 0 Å². The fourth-order valence-corrected chi connectivity index (χ4v) is 3.54. The zero-order chi connectivity index (χ0) is 20.0. The Bertz CT molecular complexity index is 1310. The van der Waals surface area contributed by atoms with Crippen LogP contribution in [0.2, 0.25) is 0 Å². The van der Waals surface area contributed by atoms with E-state index in [9.17, 15) is 8.78 Å². The molecular weight excluding hydrogens is 404 g/mol. The molecule has 29 heavy (non-hydrogen) atoms. The Labute approximate surface area is 164 Å². The minimum absolute atomic E-state index is 0.108. The maximum atomic E-state index is 12.6. The average molecular weight is 415 g/mol. The number of nitrogens with two attached hydrogens (primary N) is 1. The molecule has 0 amide bonds. The van der Waals surface area contributed by atoms with Crippen LogP contribution in [0.1, 0.15) is 18.1 Å². The van der Waals surface area contributed by atoms with E-state index in [-0.39, 0.29) is 11.7 Å². The molecule has 5 aromatic rings. The third-order valence-electron chi connectivity index (χ3n) is 4.06. The Hall–Kier alpha value is -3.67. The number of rotatable bonds is 5. The fraction of sp³-hybridized carbons (Fsp3) is 0.118. The lowest BCUT2D eigenvalue weighted by Gasteiger charge is -1.97. The van der Waals surface area contributed by atoms with Crippen molar-refractivity contribution in [1.29, 1.82) is 0 Å². The van der Waals surface area contributed by atoms with E-state index in [1.54, 1.807) is 23.0 Å². The van der Waals surface area contributed by atoms with Gasteiger partial charge in [0.1, 0.15) is 18.0 Å². The van der Waals surface area contributed by atoms with E-state index < -0.39 is 12.3 Å². The van der Waals surface area contributed by atoms with E-state index in [1.807, 2.05) is 18.2 Å². The van der Waals surface area contributed by atoms with E-state index in [1.165, 1.54) is 11.3 Å². The number of nitrogens with zero attached hydrogens (tertiary/aromatic N) is 6. The van der Waals surface area contributed by atoms with E-state index in [4.69, 9.17) is 14.6 Å². The van der Waals surface area contributed by atoms with Crippen LogP contribution in [0.4, 0.5) is 13.9 Å². The summed E-state index contributed by atoms with van der Waals surface area (Å²) in [6, 6.07) is 8.98. The molecule has 1 aromatic carbocycles. The lowest BCUT2D eigenvalue weighted by molar-refractivity contribution is 0.115. The summed E-state index contributed by atoms with van der Waals surface area (Å²) < 4.78 is 38.2. The number of nitrogen functional groups attached to an aromatic ring is 1. The van der Waals surface area contributed by atoms with Crippen LogP contribution < -0.4 is 5.73 Å². The molecule has 2 N–H and O–H groups in total. The van der Waals surface area contributed by atoms with Crippen molar-refractivity contribution in [2.24, 2.45) is 0 Å². The Kier molecular flexibility index (Phi) is 4.05. The highest BCUT2D eigenvalue weighted by Crippen LogP contribution is 2.29. The Balaban J connectivity index is 1.35. The third-order valence-corrected chi connectivity index (χ3v) is 4.90. The molecule has 0 fully saturated rings. The number of furan rings is 1. The molecule has 0 unspecified atom stereocenters. The van der Waals surface area contributed by atoms with Crippen molar-refractivity contribution in [3.63, 3.8) is 0 Å². The van der Waals surface area contributed by atoms with Gasteiger partial charge in [0, 0.05) is 5.56 Å². The van der Waals surface area contributed by atoms with Crippen molar-refractivity contribution in [2.45, 2.75) is 13.0 Å². The van der Waals surface area contributed by atoms with Crippen LogP contribution in [0.25, 0.3) is 33.1 Å². The summed E-state index contributed by atoms with van der Waals surface area (Å²) in [5, 5.41) is 15.6. The van der Waals surface area contributed by atoms with Crippen molar-refractivity contribution in [2.75, 3.05) is 5.73 Å². The molecule has 0 atom stereocenters. The number of hydrogen-bond donors (Lipinski definition) is 1. The van der Waals surface area contributed by atoms with Gasteiger partial charge in [0.05, 0.1) is 16.4 Å². The van der Waals surface area contributed by atoms with Gasteiger partial charge in [0.25, 0.3) is 11.8 Å². The van der Waals surface area contributed by atoms with Gasteiger partial charge in [-0.3, -0.25) is 0 Å². The summed E-state index contributed by atoms with van der Waals surface area (Å²) in [4.78, 5) is 4.23. The predicted molar refractivity (Wildman–Crippen MR) is 99.1 cm³/mol. The van der Waals surface area contributed by atoms with E-state index in [2.05, 4.69) is 25.5 Å². The maximum Gasteiger partial charge on any atom is 0.314 e. The third kappa shape index (κ3) is 3.33. The first-order chi connectivity index (χ1) is 14.0. The highest BCUT2D eigenvalue weighted by atomic mass is 32.1. The standard InChI is InChI=1S/C17H11F2N7O2S/c18-14(19)16-24-23-15(28-16)12-4-2-9(27-12)6-26-7-11(22-25-26)8-1-3-10-13(5-8)29-17(20)21-10/h1-5,7,14H,6H2,(H2,20,21). The molecule has 0 spiro atoms. The van der Waals surface area contributed by atoms with Gasteiger partial charge in [-0.25, -0.2) is 9.67 Å². The largest absolute Gasteiger partial charge is 0.454 e. The number of hydrogen-bond acceptors (Lipinski definition) is 9. The van der Waals surface area contributed by atoms with E-state index in [0.29, 0.717) is 23.1 Å². The molecule has 12 heteroatoms. The molecule has 0 saturated heterocycles. The first kappa shape index (κ1) is 17.4. The topological polar surface area (TPSA) is 122 Å². The Morgan fingerprint density at radius 2 is 2.00 bits per heavy atom. The zero-order valence-corrected chi connectivity index (χ0v) is 15.3. The SMILES string of the molecule is Nc1nc2ccc(-c3cn(Cc4ccc(-c5nnc(C(F)F)o5)o4)nn3)cc2s1. The van der Waals surface area contributed by atoms with Crippen LogP contribution in [-0.2, 0) is 6.54 Å². The van der Waals surface area contributed by atoms with Crippen LogP contribution in [0.15, 0.2) is 45.4 Å². The van der Waals surface area contributed by atoms with Gasteiger partial charge < -0.3 is 14.6 Å². The molecule has 146 valence electrons. The summed E-state index contributed by atoms with van der Waals surface area (Å²) in [7, 11) is 0. The van der Waals surface area contributed by atoms with Crippen LogP contribution in [-0.4, -0.2) is 30.2 Å². The second-order valence-corrected chi connectivity index (χ2v) is 7.11. The molecular formula is C17H11F2N7O2S. The molecule has 0 saturated carbocycles. The second-order valence-electron chi connectivity index (χ2n) is 6.05. The van der Waals surface area contributed by atoms with Gasteiger partial charge in [-0.05, 0) is 24.3 Å². The van der Waals surface area contributed by atoms with Gasteiger partial charge in [-0.1, -0.05) is 22.6 Å². The molecule has 0 bridgehead atoms. The second kappa shape index (κ2) is 6.74. The minimum Gasteiger partial charge on any atom is -0.454 e. The number of fused-ring (bicyclic) bond motifs is 1. The van der Waals surface area contributed by atoms with Crippen LogP contribution in [0.3, 0.4) is 0 Å². The number of aromatic nitrogens is 6. The number of alkyl halides is 2. The van der Waals surface area contributed by atoms with Crippen LogP contribution in [0, 0.1) is 0 Å². The number of anilines is 1. The number of halogens is 2. The molecule has 0 radical (unpaired) electrons. The highest BCUT2D eigenvalue weighted by molar-refractivity contribution is 7.22. The van der Waals surface area contributed by atoms with Gasteiger partial charge in [0.15, 0.2) is 10.9 Å². The molecule has 0 aliphatic rings. The monoisotopic (exact) mass is 415 g/mol. The van der Waals surface area contributed by atoms with Gasteiger partial charge in [-0.15, -0.1) is 15.3 Å². The van der Waals surface area contributed by atoms with Crippen molar-refractivity contribution >= 4 is 26.7 Å². The molecule has 4 heterocycles. The molecule has 9 nitrogen and oxygen atoms in total. The lowest BCUT2D eigenvalue weighted by Crippen LogP contribution is -1.98. The number of thiazole rings is 1. The van der Waals surface area contributed by atoms with Crippen molar-refractivity contribution in [3.05, 3.63) is 48.2 Å². The summed E-state index contributed by atoms with van der Waals surface area (Å²) in [6.45, 7) is 0.290. The quantitative estimate of drug-likeness (QED) is 0.460. The van der Waals surface area contributed by atoms with Crippen LogP contribution in [0.5, 0.6) is 0 Å². The van der Waals surface area contributed by atoms with Crippen molar-refractivity contribution in [3.8, 4) is 22.9 Å². The van der Waals surface area contributed by atoms with Crippen molar-refractivity contribution < 1.29 is 17.6 Å². The normalized spacial score (nSPS) is 11.7. The summed E-state index contributed by atoms with van der Waals surface area (Å²) >= 11 is 1.40. The Morgan fingerprint density at radius 3 is 2.83 bits per heavy atom. The molecule has 0 aliphatic carbocycles. The van der Waals surface area contributed by atoms with Crippen LogP contribution >= 0.6 is 11.3 Å². The zero-order valence-electron chi connectivity index (χ0n) is 14.5. The Morgan fingerprint density at radius 1 is 1.10 bits per heavy atom. The molecule has 0 aliphatic heterocycles. The van der Waals surface area contributed by atoms with Gasteiger partial charge >= 0.3 is 6.43 Å². The fourth-order valence-electron chi connectivity index (χ4n) is 2.77. The maximum absolute atomic E-state index is 12.6. The molecule has 4 aromatic heterocycles. The first-order valence-corrected chi connectivity index (χ1v) is 9.14. The highest BCUT2D eigenvalue weighted by Gasteiger charge is 2.19. The summed E-state index contributed by atoms with van der Waals surface area (Å²) in [5.41, 5.74) is 8.15.